The Morgan fingerprint density at radius 1 is 1.39 bits per heavy atom. The van der Waals surface area contributed by atoms with Crippen molar-refractivity contribution in [2.75, 3.05) is 6.54 Å². The minimum absolute atomic E-state index is 0.222. The molecule has 18 heavy (non-hydrogen) atoms. The van der Waals surface area contributed by atoms with Crippen LogP contribution in [0, 0.1) is 0 Å². The van der Waals surface area contributed by atoms with Gasteiger partial charge in [-0.2, -0.15) is 0 Å². The van der Waals surface area contributed by atoms with Crippen molar-refractivity contribution in [3.8, 4) is 5.75 Å². The predicted molar refractivity (Wildman–Crippen MR) is 75.1 cm³/mol. The molecule has 0 saturated carbocycles. The van der Waals surface area contributed by atoms with Crippen LogP contribution >= 0.6 is 11.3 Å². The highest BCUT2D eigenvalue weighted by molar-refractivity contribution is 7.09. The van der Waals surface area contributed by atoms with E-state index in [2.05, 4.69) is 24.1 Å². The molecule has 0 aliphatic heterocycles. The average Bonchev–Trinajstić information content (AvgIpc) is 2.89. The Hall–Kier alpha value is -1.39. The van der Waals surface area contributed by atoms with Crippen molar-refractivity contribution in [2.24, 2.45) is 0 Å². The molecule has 2 unspecified atom stereocenters. The molecular formula is C14H18N2OS. The zero-order valence-electron chi connectivity index (χ0n) is 10.6. The lowest BCUT2D eigenvalue weighted by Crippen LogP contribution is -2.23. The number of phenolic OH excluding ortho intramolecular Hbond substituents is 1. The minimum atomic E-state index is 0.222. The van der Waals surface area contributed by atoms with E-state index < -0.39 is 0 Å². The van der Waals surface area contributed by atoms with E-state index in [9.17, 15) is 5.11 Å². The quantitative estimate of drug-likeness (QED) is 0.869. The van der Waals surface area contributed by atoms with Gasteiger partial charge in [0.25, 0.3) is 0 Å². The summed E-state index contributed by atoms with van der Waals surface area (Å²) in [4.78, 5) is 4.32. The van der Waals surface area contributed by atoms with Crippen molar-refractivity contribution in [3.05, 3.63) is 46.4 Å². The molecular weight excluding hydrogens is 244 g/mol. The SMILES string of the molecule is CC(CNC(C)c1cccc(O)c1)c1nccs1. The van der Waals surface area contributed by atoms with E-state index in [-0.39, 0.29) is 6.04 Å². The van der Waals surface area contributed by atoms with Crippen molar-refractivity contribution in [1.82, 2.24) is 10.3 Å². The molecule has 0 fully saturated rings. The maximum Gasteiger partial charge on any atom is 0.115 e. The van der Waals surface area contributed by atoms with Crippen LogP contribution in [0.3, 0.4) is 0 Å². The molecule has 2 aromatic rings. The fourth-order valence-electron chi connectivity index (χ4n) is 1.83. The van der Waals surface area contributed by atoms with Gasteiger partial charge in [-0.15, -0.1) is 11.3 Å². The summed E-state index contributed by atoms with van der Waals surface area (Å²) in [5.74, 6) is 0.721. The smallest absolute Gasteiger partial charge is 0.115 e. The van der Waals surface area contributed by atoms with E-state index in [1.807, 2.05) is 23.7 Å². The van der Waals surface area contributed by atoms with Gasteiger partial charge < -0.3 is 10.4 Å². The van der Waals surface area contributed by atoms with Gasteiger partial charge in [0, 0.05) is 30.1 Å². The van der Waals surface area contributed by atoms with Crippen LogP contribution in [0.1, 0.15) is 36.4 Å². The molecule has 3 nitrogen and oxygen atoms in total. The molecule has 2 rings (SSSR count). The maximum atomic E-state index is 9.45. The van der Waals surface area contributed by atoms with Crippen LogP contribution in [0.5, 0.6) is 5.75 Å². The van der Waals surface area contributed by atoms with Gasteiger partial charge in [-0.1, -0.05) is 19.1 Å². The van der Waals surface area contributed by atoms with E-state index in [1.54, 1.807) is 23.5 Å². The predicted octanol–water partition coefficient (Wildman–Crippen LogP) is 3.30. The van der Waals surface area contributed by atoms with Crippen LogP contribution in [0.25, 0.3) is 0 Å². The van der Waals surface area contributed by atoms with Gasteiger partial charge in [-0.3, -0.25) is 0 Å². The second-order valence-electron chi connectivity index (χ2n) is 4.50. The van der Waals surface area contributed by atoms with Gasteiger partial charge in [0.1, 0.15) is 5.75 Å². The number of nitrogens with one attached hydrogen (secondary N) is 1. The highest BCUT2D eigenvalue weighted by Gasteiger charge is 2.11. The molecule has 0 aliphatic rings. The summed E-state index contributed by atoms with van der Waals surface area (Å²) in [6, 6.07) is 7.60. The van der Waals surface area contributed by atoms with Crippen molar-refractivity contribution in [3.63, 3.8) is 0 Å². The highest BCUT2D eigenvalue weighted by atomic mass is 32.1. The molecule has 1 aromatic heterocycles. The number of hydrogen-bond donors (Lipinski definition) is 2. The molecule has 4 heteroatoms. The van der Waals surface area contributed by atoms with Gasteiger partial charge in [-0.05, 0) is 24.6 Å². The lowest BCUT2D eigenvalue weighted by Gasteiger charge is -2.17. The molecule has 0 aliphatic carbocycles. The molecule has 0 saturated heterocycles. The van der Waals surface area contributed by atoms with Gasteiger partial charge in [0.05, 0.1) is 5.01 Å². The number of benzene rings is 1. The number of phenols is 1. The maximum absolute atomic E-state index is 9.45. The third-order valence-corrected chi connectivity index (χ3v) is 3.98. The second-order valence-corrected chi connectivity index (χ2v) is 5.42. The molecule has 0 radical (unpaired) electrons. The van der Waals surface area contributed by atoms with Crippen LogP contribution < -0.4 is 5.32 Å². The van der Waals surface area contributed by atoms with Crippen molar-refractivity contribution in [1.29, 1.82) is 0 Å². The van der Waals surface area contributed by atoms with E-state index in [4.69, 9.17) is 0 Å². The zero-order valence-corrected chi connectivity index (χ0v) is 11.4. The summed E-state index contributed by atoms with van der Waals surface area (Å²) in [6.45, 7) is 5.15. The molecule has 0 bridgehead atoms. The lowest BCUT2D eigenvalue weighted by molar-refractivity contribution is 0.471. The van der Waals surface area contributed by atoms with Gasteiger partial charge >= 0.3 is 0 Å². The first kappa shape index (κ1) is 13.1. The summed E-state index contributed by atoms with van der Waals surface area (Å²) >= 11 is 1.69. The van der Waals surface area contributed by atoms with Gasteiger partial charge in [0.2, 0.25) is 0 Å². The number of hydrogen-bond acceptors (Lipinski definition) is 4. The normalized spacial score (nSPS) is 14.3. The highest BCUT2D eigenvalue weighted by Crippen LogP contribution is 2.20. The van der Waals surface area contributed by atoms with Gasteiger partial charge in [0.15, 0.2) is 0 Å². The number of aromatic nitrogens is 1. The van der Waals surface area contributed by atoms with E-state index in [0.29, 0.717) is 11.7 Å². The Labute approximate surface area is 112 Å². The number of thiazole rings is 1. The standard InChI is InChI=1S/C14H18N2OS/c1-10(14-15-6-7-18-14)9-16-11(2)12-4-3-5-13(17)8-12/h3-8,10-11,16-17H,9H2,1-2H3. The van der Waals surface area contributed by atoms with Crippen LogP contribution in [-0.4, -0.2) is 16.6 Å². The lowest BCUT2D eigenvalue weighted by atomic mass is 10.1. The fraction of sp³-hybridized carbons (Fsp3) is 0.357. The van der Waals surface area contributed by atoms with Crippen LogP contribution in [0.15, 0.2) is 35.8 Å². The average molecular weight is 262 g/mol. The van der Waals surface area contributed by atoms with Crippen LogP contribution in [0.2, 0.25) is 0 Å². The molecule has 1 heterocycles. The molecule has 0 amide bonds. The first-order valence-electron chi connectivity index (χ1n) is 6.08. The summed E-state index contributed by atoms with van der Waals surface area (Å²) in [5.41, 5.74) is 1.10. The monoisotopic (exact) mass is 262 g/mol. The zero-order chi connectivity index (χ0) is 13.0. The second kappa shape index (κ2) is 5.98. The van der Waals surface area contributed by atoms with E-state index >= 15 is 0 Å². The third-order valence-electron chi connectivity index (χ3n) is 2.97. The largest absolute Gasteiger partial charge is 0.508 e. The Balaban J connectivity index is 1.90. The Morgan fingerprint density at radius 3 is 2.89 bits per heavy atom. The molecule has 2 N–H and O–H groups in total. The number of rotatable bonds is 5. The molecule has 96 valence electrons. The first-order chi connectivity index (χ1) is 8.66. The Bertz CT molecular complexity index is 484. The molecule has 2 atom stereocenters. The van der Waals surface area contributed by atoms with Crippen molar-refractivity contribution in [2.45, 2.75) is 25.8 Å². The summed E-state index contributed by atoms with van der Waals surface area (Å²) < 4.78 is 0. The molecule has 1 aromatic carbocycles. The fourth-order valence-corrected chi connectivity index (χ4v) is 2.53. The Morgan fingerprint density at radius 2 is 2.22 bits per heavy atom. The minimum Gasteiger partial charge on any atom is -0.508 e. The summed E-state index contributed by atoms with van der Waals surface area (Å²) in [7, 11) is 0. The Kier molecular flexibility index (Phi) is 4.33. The first-order valence-corrected chi connectivity index (χ1v) is 6.96. The van der Waals surface area contributed by atoms with E-state index in [0.717, 1.165) is 17.1 Å². The summed E-state index contributed by atoms with van der Waals surface area (Å²) in [6.07, 6.45) is 1.84. The topological polar surface area (TPSA) is 45.1 Å². The number of nitrogens with zero attached hydrogens (tertiary/aromatic N) is 1. The van der Waals surface area contributed by atoms with Crippen molar-refractivity contribution >= 4 is 11.3 Å². The van der Waals surface area contributed by atoms with Crippen molar-refractivity contribution < 1.29 is 5.11 Å². The third kappa shape index (κ3) is 3.31. The van der Waals surface area contributed by atoms with Gasteiger partial charge in [-0.25, -0.2) is 4.98 Å². The van der Waals surface area contributed by atoms with Crippen LogP contribution in [-0.2, 0) is 0 Å². The number of aromatic hydroxyl groups is 1. The molecule has 0 spiro atoms. The van der Waals surface area contributed by atoms with Crippen LogP contribution in [0.4, 0.5) is 0 Å². The van der Waals surface area contributed by atoms with E-state index in [1.165, 1.54) is 0 Å². The summed E-state index contributed by atoms with van der Waals surface area (Å²) in [5, 5.41) is 16.1.